The first-order chi connectivity index (χ1) is 9.24. The number of benzene rings is 2. The molecule has 0 spiro atoms. The van der Waals surface area contributed by atoms with E-state index in [0.717, 1.165) is 0 Å². The monoisotopic (exact) mass is 255 g/mol. The molecule has 0 unspecified atom stereocenters. The number of amides is 1. The molecule has 0 aromatic heterocycles. The highest BCUT2D eigenvalue weighted by Gasteiger charge is 2.24. The Labute approximate surface area is 109 Å². The van der Waals surface area contributed by atoms with Crippen LogP contribution in [0, 0.1) is 5.82 Å². The summed E-state index contributed by atoms with van der Waals surface area (Å²) in [7, 11) is 0. The number of hydrogen-bond donors (Lipinski definition) is 1. The second-order valence-electron chi connectivity index (χ2n) is 4.11. The van der Waals surface area contributed by atoms with Crippen molar-refractivity contribution in [3.8, 4) is 5.75 Å². The molecule has 1 aliphatic heterocycles. The highest BCUT2D eigenvalue weighted by Crippen LogP contribution is 2.25. The molecule has 1 N–H and O–H groups in total. The van der Waals surface area contributed by atoms with Crippen LogP contribution in [-0.4, -0.2) is 5.91 Å². The quantitative estimate of drug-likeness (QED) is 0.838. The highest BCUT2D eigenvalue weighted by molar-refractivity contribution is 6.09. The van der Waals surface area contributed by atoms with Gasteiger partial charge in [-0.05, 0) is 30.3 Å². The summed E-state index contributed by atoms with van der Waals surface area (Å²) in [5, 5.41) is 2.65. The molecule has 0 atom stereocenters. The Kier molecular flexibility index (Phi) is 2.76. The third kappa shape index (κ3) is 2.20. The lowest BCUT2D eigenvalue weighted by Crippen LogP contribution is -2.12. The summed E-state index contributed by atoms with van der Waals surface area (Å²) < 4.78 is 18.7. The fourth-order valence-corrected chi connectivity index (χ4v) is 1.91. The molecule has 1 aliphatic rings. The van der Waals surface area contributed by atoms with Crippen molar-refractivity contribution in [1.29, 1.82) is 0 Å². The Morgan fingerprint density at radius 1 is 1.05 bits per heavy atom. The van der Waals surface area contributed by atoms with Crippen LogP contribution in [0.2, 0.25) is 0 Å². The average molecular weight is 255 g/mol. The standard InChI is InChI=1S/C15H10FNO2/c16-10-6-7-12-13(8-10)14(17-15(12)18)9-19-11-4-2-1-3-5-11/h1-9H,(H,17,18)/b14-9-. The van der Waals surface area contributed by atoms with E-state index in [1.807, 2.05) is 18.2 Å². The molecular formula is C15H10FNO2. The minimum atomic E-state index is -0.388. The first-order valence-corrected chi connectivity index (χ1v) is 5.77. The van der Waals surface area contributed by atoms with Crippen molar-refractivity contribution in [2.24, 2.45) is 0 Å². The molecule has 0 saturated carbocycles. The van der Waals surface area contributed by atoms with Crippen LogP contribution < -0.4 is 10.1 Å². The van der Waals surface area contributed by atoms with E-state index in [0.29, 0.717) is 22.6 Å². The van der Waals surface area contributed by atoms with Crippen molar-refractivity contribution in [1.82, 2.24) is 5.32 Å². The Balaban J connectivity index is 1.92. The number of rotatable bonds is 2. The SMILES string of the molecule is O=C1N/C(=C\Oc2ccccc2)c2cc(F)ccc21. The van der Waals surface area contributed by atoms with E-state index in [1.165, 1.54) is 24.5 Å². The number of carbonyl (C=O) groups is 1. The van der Waals surface area contributed by atoms with Crippen molar-refractivity contribution in [2.75, 3.05) is 0 Å². The summed E-state index contributed by atoms with van der Waals surface area (Å²) in [5.41, 5.74) is 1.42. The summed E-state index contributed by atoms with van der Waals surface area (Å²) in [6, 6.07) is 13.2. The van der Waals surface area contributed by atoms with Crippen molar-refractivity contribution in [3.63, 3.8) is 0 Å². The minimum absolute atomic E-state index is 0.252. The van der Waals surface area contributed by atoms with Gasteiger partial charge in [-0.1, -0.05) is 18.2 Å². The van der Waals surface area contributed by atoms with Crippen LogP contribution in [0.3, 0.4) is 0 Å². The van der Waals surface area contributed by atoms with Gasteiger partial charge in [-0.15, -0.1) is 0 Å². The zero-order valence-corrected chi connectivity index (χ0v) is 9.89. The predicted molar refractivity (Wildman–Crippen MR) is 68.9 cm³/mol. The van der Waals surface area contributed by atoms with Crippen LogP contribution in [0.5, 0.6) is 5.75 Å². The summed E-state index contributed by atoms with van der Waals surface area (Å²) in [5.74, 6) is 0.00729. The van der Waals surface area contributed by atoms with E-state index in [1.54, 1.807) is 12.1 Å². The van der Waals surface area contributed by atoms with Crippen molar-refractivity contribution >= 4 is 11.6 Å². The van der Waals surface area contributed by atoms with Crippen LogP contribution in [0.4, 0.5) is 4.39 Å². The van der Waals surface area contributed by atoms with Gasteiger partial charge in [-0.2, -0.15) is 0 Å². The maximum absolute atomic E-state index is 13.2. The fourth-order valence-electron chi connectivity index (χ4n) is 1.91. The summed E-state index contributed by atoms with van der Waals surface area (Å²) >= 11 is 0. The lowest BCUT2D eigenvalue weighted by molar-refractivity contribution is 0.0980. The van der Waals surface area contributed by atoms with Crippen LogP contribution in [0.1, 0.15) is 15.9 Å². The molecule has 0 fully saturated rings. The lowest BCUT2D eigenvalue weighted by Gasteiger charge is -2.02. The molecule has 0 saturated heterocycles. The smallest absolute Gasteiger partial charge is 0.256 e. The Hall–Kier alpha value is -2.62. The Morgan fingerprint density at radius 2 is 1.84 bits per heavy atom. The number of halogens is 1. The van der Waals surface area contributed by atoms with Gasteiger partial charge >= 0.3 is 0 Å². The lowest BCUT2D eigenvalue weighted by atomic mass is 10.1. The van der Waals surface area contributed by atoms with Crippen LogP contribution in [0.25, 0.3) is 5.70 Å². The molecule has 2 aromatic carbocycles. The second-order valence-corrected chi connectivity index (χ2v) is 4.11. The molecule has 1 amide bonds. The molecular weight excluding hydrogens is 245 g/mol. The van der Waals surface area contributed by atoms with Crippen molar-refractivity contribution in [2.45, 2.75) is 0 Å². The number of hydrogen-bond acceptors (Lipinski definition) is 2. The summed E-state index contributed by atoms with van der Waals surface area (Å²) in [6.45, 7) is 0. The molecule has 0 bridgehead atoms. The molecule has 19 heavy (non-hydrogen) atoms. The van der Waals surface area contributed by atoms with Gasteiger partial charge in [0.1, 0.15) is 17.8 Å². The first kappa shape index (κ1) is 11.5. The molecule has 3 rings (SSSR count). The average Bonchev–Trinajstić information content (AvgIpc) is 2.74. The van der Waals surface area contributed by atoms with Crippen LogP contribution in [0.15, 0.2) is 54.8 Å². The first-order valence-electron chi connectivity index (χ1n) is 5.77. The van der Waals surface area contributed by atoms with E-state index in [9.17, 15) is 9.18 Å². The third-order valence-corrected chi connectivity index (χ3v) is 2.82. The van der Waals surface area contributed by atoms with E-state index < -0.39 is 0 Å². The van der Waals surface area contributed by atoms with E-state index in [-0.39, 0.29) is 11.7 Å². The van der Waals surface area contributed by atoms with Gasteiger partial charge in [0.15, 0.2) is 0 Å². The van der Waals surface area contributed by atoms with Gasteiger partial charge in [0, 0.05) is 11.1 Å². The maximum Gasteiger partial charge on any atom is 0.256 e. The zero-order chi connectivity index (χ0) is 13.2. The number of fused-ring (bicyclic) bond motifs is 1. The third-order valence-electron chi connectivity index (χ3n) is 2.82. The summed E-state index contributed by atoms with van der Waals surface area (Å²) in [4.78, 5) is 11.7. The second kappa shape index (κ2) is 4.57. The van der Waals surface area contributed by atoms with Crippen molar-refractivity contribution < 1.29 is 13.9 Å². The number of carbonyl (C=O) groups excluding carboxylic acids is 1. The van der Waals surface area contributed by atoms with E-state index >= 15 is 0 Å². The summed E-state index contributed by atoms with van der Waals surface area (Å²) in [6.07, 6.45) is 1.42. The van der Waals surface area contributed by atoms with Gasteiger partial charge in [0.25, 0.3) is 5.91 Å². The largest absolute Gasteiger partial charge is 0.463 e. The van der Waals surface area contributed by atoms with Crippen LogP contribution >= 0.6 is 0 Å². The highest BCUT2D eigenvalue weighted by atomic mass is 19.1. The van der Waals surface area contributed by atoms with Gasteiger partial charge in [-0.25, -0.2) is 4.39 Å². The maximum atomic E-state index is 13.2. The van der Waals surface area contributed by atoms with E-state index in [4.69, 9.17) is 4.74 Å². The Bertz CT molecular complexity index is 665. The van der Waals surface area contributed by atoms with E-state index in [2.05, 4.69) is 5.32 Å². The van der Waals surface area contributed by atoms with Gasteiger partial charge in [0.05, 0.1) is 5.70 Å². The molecule has 94 valence electrons. The van der Waals surface area contributed by atoms with Gasteiger partial charge in [0.2, 0.25) is 0 Å². The fraction of sp³-hybridized carbons (Fsp3) is 0. The molecule has 0 radical (unpaired) electrons. The topological polar surface area (TPSA) is 38.3 Å². The number of nitrogens with one attached hydrogen (secondary N) is 1. The Morgan fingerprint density at radius 3 is 2.63 bits per heavy atom. The normalized spacial score (nSPS) is 15.2. The zero-order valence-electron chi connectivity index (χ0n) is 9.89. The molecule has 4 heteroatoms. The van der Waals surface area contributed by atoms with Gasteiger partial charge in [-0.3, -0.25) is 4.79 Å². The molecule has 3 nitrogen and oxygen atoms in total. The minimum Gasteiger partial charge on any atom is -0.463 e. The predicted octanol–water partition coefficient (Wildman–Crippen LogP) is 2.95. The van der Waals surface area contributed by atoms with Crippen LogP contribution in [-0.2, 0) is 0 Å². The van der Waals surface area contributed by atoms with Gasteiger partial charge < -0.3 is 10.1 Å². The van der Waals surface area contributed by atoms with Crippen molar-refractivity contribution in [3.05, 3.63) is 71.7 Å². The molecule has 0 aliphatic carbocycles. The number of ether oxygens (including phenoxy) is 1. The molecule has 2 aromatic rings. The molecule has 1 heterocycles. The number of para-hydroxylation sites is 1.